The largest absolute Gasteiger partial charge is 0.351 e. The summed E-state index contributed by atoms with van der Waals surface area (Å²) in [4.78, 5) is 14.8. The van der Waals surface area contributed by atoms with Crippen LogP contribution in [0.1, 0.15) is 38.7 Å². The van der Waals surface area contributed by atoms with Crippen molar-refractivity contribution in [1.82, 2.24) is 21.1 Å². The van der Waals surface area contributed by atoms with E-state index in [0.717, 1.165) is 37.9 Å². The first-order valence-corrected chi connectivity index (χ1v) is 9.35. The lowest BCUT2D eigenvalue weighted by Gasteiger charge is -2.34. The average Bonchev–Trinajstić information content (AvgIpc) is 2.98. The molecule has 6 heteroatoms. The van der Waals surface area contributed by atoms with Crippen LogP contribution in [0.3, 0.4) is 0 Å². The number of halogens is 1. The van der Waals surface area contributed by atoms with E-state index in [0.29, 0.717) is 12.6 Å². The van der Waals surface area contributed by atoms with Gasteiger partial charge in [-0.2, -0.15) is 0 Å². The number of hydrazine groups is 1. The molecular weight excluding hydrogens is 319 g/mol. The second kappa shape index (κ2) is 8.25. The summed E-state index contributed by atoms with van der Waals surface area (Å²) in [6, 6.07) is 7.19. The van der Waals surface area contributed by atoms with Gasteiger partial charge in [-0.25, -0.2) is 9.82 Å². The molecule has 2 fully saturated rings. The fraction of sp³-hybridized carbons (Fsp3) is 0.632. The Hall–Kier alpha value is -1.50. The van der Waals surface area contributed by atoms with Gasteiger partial charge in [0.25, 0.3) is 0 Å². The quantitative estimate of drug-likeness (QED) is 0.759. The Bertz CT molecular complexity index is 597. The number of benzene rings is 1. The number of rotatable bonds is 5. The topological polar surface area (TPSA) is 56.4 Å². The van der Waals surface area contributed by atoms with Crippen LogP contribution >= 0.6 is 0 Å². The van der Waals surface area contributed by atoms with Gasteiger partial charge in [0.15, 0.2) is 0 Å². The highest BCUT2D eigenvalue weighted by Gasteiger charge is 2.36. The molecule has 0 spiro atoms. The first-order valence-electron chi connectivity index (χ1n) is 9.35. The fourth-order valence-corrected chi connectivity index (χ4v) is 3.95. The number of nitrogens with zero attached hydrogens (tertiary/aromatic N) is 1. The SMILES string of the molecule is CCC1NNC(C(=O)NC2CCCN(Cc3ccccc3F)C2)C1C. The summed E-state index contributed by atoms with van der Waals surface area (Å²) >= 11 is 0. The molecule has 3 rings (SSSR count). The van der Waals surface area contributed by atoms with E-state index in [1.54, 1.807) is 6.07 Å². The molecule has 25 heavy (non-hydrogen) atoms. The number of piperidine rings is 1. The number of likely N-dealkylation sites (tertiary alicyclic amines) is 1. The van der Waals surface area contributed by atoms with E-state index >= 15 is 0 Å². The second-order valence-electron chi connectivity index (χ2n) is 7.31. The maximum Gasteiger partial charge on any atom is 0.239 e. The second-order valence-corrected chi connectivity index (χ2v) is 7.31. The summed E-state index contributed by atoms with van der Waals surface area (Å²) in [5.74, 6) is 0.172. The van der Waals surface area contributed by atoms with Crippen molar-refractivity contribution >= 4 is 5.91 Å². The molecule has 5 nitrogen and oxygen atoms in total. The highest BCUT2D eigenvalue weighted by molar-refractivity contribution is 5.82. The van der Waals surface area contributed by atoms with Crippen molar-refractivity contribution in [3.8, 4) is 0 Å². The first-order chi connectivity index (χ1) is 12.1. The molecule has 2 saturated heterocycles. The van der Waals surface area contributed by atoms with Crippen molar-refractivity contribution in [2.75, 3.05) is 13.1 Å². The van der Waals surface area contributed by atoms with Crippen molar-refractivity contribution in [3.63, 3.8) is 0 Å². The predicted octanol–water partition coefficient (Wildman–Crippen LogP) is 1.80. The summed E-state index contributed by atoms with van der Waals surface area (Å²) in [5, 5.41) is 3.19. The zero-order valence-corrected chi connectivity index (χ0v) is 15.1. The number of nitrogens with one attached hydrogen (secondary N) is 3. The molecular formula is C19H29FN4O. The minimum Gasteiger partial charge on any atom is -0.351 e. The summed E-state index contributed by atoms with van der Waals surface area (Å²) in [6.07, 6.45) is 2.99. The number of amides is 1. The van der Waals surface area contributed by atoms with Crippen LogP contribution in [0.5, 0.6) is 0 Å². The van der Waals surface area contributed by atoms with Crippen LogP contribution in [-0.4, -0.2) is 42.0 Å². The Morgan fingerprint density at radius 3 is 2.88 bits per heavy atom. The van der Waals surface area contributed by atoms with E-state index in [1.165, 1.54) is 6.07 Å². The summed E-state index contributed by atoms with van der Waals surface area (Å²) < 4.78 is 13.9. The zero-order valence-electron chi connectivity index (χ0n) is 15.1. The van der Waals surface area contributed by atoms with Crippen molar-refractivity contribution in [1.29, 1.82) is 0 Å². The van der Waals surface area contributed by atoms with Crippen LogP contribution in [0.4, 0.5) is 4.39 Å². The van der Waals surface area contributed by atoms with Gasteiger partial charge in [-0.05, 0) is 37.8 Å². The molecule has 2 aliphatic rings. The summed E-state index contributed by atoms with van der Waals surface area (Å²) in [6.45, 7) is 6.54. The maximum atomic E-state index is 13.9. The minimum atomic E-state index is -0.188. The molecule has 4 atom stereocenters. The van der Waals surface area contributed by atoms with Gasteiger partial charge in [-0.3, -0.25) is 15.1 Å². The lowest BCUT2D eigenvalue weighted by atomic mass is 9.94. The van der Waals surface area contributed by atoms with Gasteiger partial charge < -0.3 is 5.32 Å². The fourth-order valence-electron chi connectivity index (χ4n) is 3.95. The monoisotopic (exact) mass is 348 g/mol. The van der Waals surface area contributed by atoms with Crippen LogP contribution in [0.2, 0.25) is 0 Å². The van der Waals surface area contributed by atoms with Gasteiger partial charge in [-0.15, -0.1) is 0 Å². The van der Waals surface area contributed by atoms with Crippen molar-refractivity contribution in [2.24, 2.45) is 5.92 Å². The molecule has 1 aromatic rings. The van der Waals surface area contributed by atoms with Crippen molar-refractivity contribution in [3.05, 3.63) is 35.6 Å². The third kappa shape index (κ3) is 4.37. The Morgan fingerprint density at radius 1 is 1.36 bits per heavy atom. The molecule has 1 aromatic carbocycles. The highest BCUT2D eigenvalue weighted by atomic mass is 19.1. The molecule has 1 amide bonds. The normalized spacial score (nSPS) is 30.4. The van der Waals surface area contributed by atoms with E-state index in [-0.39, 0.29) is 29.7 Å². The first kappa shape index (κ1) is 18.3. The van der Waals surface area contributed by atoms with Crippen LogP contribution in [0, 0.1) is 11.7 Å². The molecule has 0 aromatic heterocycles. The van der Waals surface area contributed by atoms with Crippen LogP contribution < -0.4 is 16.2 Å². The lowest BCUT2D eigenvalue weighted by molar-refractivity contribution is -0.124. The third-order valence-corrected chi connectivity index (χ3v) is 5.51. The highest BCUT2D eigenvalue weighted by Crippen LogP contribution is 2.19. The zero-order chi connectivity index (χ0) is 17.8. The summed E-state index contributed by atoms with van der Waals surface area (Å²) in [5.41, 5.74) is 7.06. The molecule has 3 N–H and O–H groups in total. The van der Waals surface area contributed by atoms with E-state index in [9.17, 15) is 9.18 Å². The lowest BCUT2D eigenvalue weighted by Crippen LogP contribution is -2.53. The van der Waals surface area contributed by atoms with Gasteiger partial charge in [-0.1, -0.05) is 32.0 Å². The molecule has 0 aliphatic carbocycles. The minimum absolute atomic E-state index is 0.0636. The third-order valence-electron chi connectivity index (χ3n) is 5.51. The number of hydrogen-bond donors (Lipinski definition) is 3. The van der Waals surface area contributed by atoms with Crippen LogP contribution in [-0.2, 0) is 11.3 Å². The maximum absolute atomic E-state index is 13.9. The molecule has 2 heterocycles. The standard InChI is InChI=1S/C19H29FN4O/c1-3-17-13(2)18(23-22-17)19(25)21-15-8-6-10-24(12-15)11-14-7-4-5-9-16(14)20/h4-5,7,9,13,15,17-18,22-23H,3,6,8,10-12H2,1-2H3,(H,21,25). The molecule has 0 radical (unpaired) electrons. The van der Waals surface area contributed by atoms with Gasteiger partial charge in [0.05, 0.1) is 0 Å². The number of carbonyl (C=O) groups is 1. The van der Waals surface area contributed by atoms with Crippen LogP contribution in [0.25, 0.3) is 0 Å². The smallest absolute Gasteiger partial charge is 0.239 e. The van der Waals surface area contributed by atoms with E-state index in [1.807, 2.05) is 12.1 Å². The Labute approximate surface area is 149 Å². The van der Waals surface area contributed by atoms with Gasteiger partial charge in [0, 0.05) is 30.7 Å². The van der Waals surface area contributed by atoms with Gasteiger partial charge >= 0.3 is 0 Å². The van der Waals surface area contributed by atoms with Crippen molar-refractivity contribution in [2.45, 2.75) is 57.8 Å². The van der Waals surface area contributed by atoms with E-state index < -0.39 is 0 Å². The van der Waals surface area contributed by atoms with Gasteiger partial charge in [0.1, 0.15) is 11.9 Å². The van der Waals surface area contributed by atoms with Crippen LogP contribution in [0.15, 0.2) is 24.3 Å². The average molecular weight is 348 g/mol. The molecule has 0 bridgehead atoms. The summed E-state index contributed by atoms with van der Waals surface area (Å²) in [7, 11) is 0. The van der Waals surface area contributed by atoms with E-state index in [2.05, 4.69) is 34.9 Å². The number of carbonyl (C=O) groups excluding carboxylic acids is 1. The number of hydrogen-bond acceptors (Lipinski definition) is 4. The Morgan fingerprint density at radius 2 is 2.16 bits per heavy atom. The Kier molecular flexibility index (Phi) is 6.04. The molecule has 4 unspecified atom stereocenters. The predicted molar refractivity (Wildman–Crippen MR) is 96.1 cm³/mol. The molecule has 2 aliphatic heterocycles. The Balaban J connectivity index is 1.53. The van der Waals surface area contributed by atoms with Gasteiger partial charge in [0.2, 0.25) is 5.91 Å². The van der Waals surface area contributed by atoms with E-state index in [4.69, 9.17) is 0 Å². The molecule has 138 valence electrons. The molecule has 0 saturated carbocycles. The van der Waals surface area contributed by atoms with Crippen molar-refractivity contribution < 1.29 is 9.18 Å².